The highest BCUT2D eigenvalue weighted by Gasteiger charge is 2.18. The minimum absolute atomic E-state index is 0.00749. The van der Waals surface area contributed by atoms with E-state index in [1.807, 2.05) is 24.3 Å². The summed E-state index contributed by atoms with van der Waals surface area (Å²) >= 11 is 2.83. The molecule has 3 aromatic rings. The number of carbonyl (C=O) groups is 1. The number of thiophene rings is 1. The van der Waals surface area contributed by atoms with Crippen molar-refractivity contribution in [1.82, 2.24) is 14.9 Å². The third-order valence-electron chi connectivity index (χ3n) is 5.07. The lowest BCUT2D eigenvalue weighted by molar-refractivity contribution is -0.119. The molecule has 0 bridgehead atoms. The zero-order valence-electron chi connectivity index (χ0n) is 16.5. The van der Waals surface area contributed by atoms with Crippen LogP contribution in [-0.2, 0) is 16.1 Å². The number of benzene rings is 1. The Hall–Kier alpha value is -1.90. The molecule has 154 valence electrons. The number of unbranched alkanes of at least 4 members (excludes halogenated alkanes) is 1. The standard InChI is InChI=1S/C21H25N3O3S2/c1-2-3-10-24-20(26)19-18(15-8-4-5-9-16(15)29-19)23-21(24)28-13-17(25)22-12-14-7-6-11-27-14/h4-5,8-9,14H,2-3,6-7,10-13H2,1H3,(H,22,25)/t14-/m1/s1. The molecule has 0 aliphatic carbocycles. The first kappa shape index (κ1) is 20.4. The Morgan fingerprint density at radius 3 is 3.07 bits per heavy atom. The maximum atomic E-state index is 13.2. The number of hydrogen-bond acceptors (Lipinski definition) is 6. The van der Waals surface area contributed by atoms with Gasteiger partial charge in [0, 0.05) is 29.8 Å². The average molecular weight is 432 g/mol. The highest BCUT2D eigenvalue weighted by Crippen LogP contribution is 2.31. The van der Waals surface area contributed by atoms with E-state index in [1.165, 1.54) is 23.1 Å². The zero-order chi connectivity index (χ0) is 20.2. The summed E-state index contributed by atoms with van der Waals surface area (Å²) in [4.78, 5) is 30.3. The highest BCUT2D eigenvalue weighted by atomic mass is 32.2. The number of nitrogens with zero attached hydrogens (tertiary/aromatic N) is 2. The molecule has 1 amide bonds. The van der Waals surface area contributed by atoms with Gasteiger partial charge in [-0.1, -0.05) is 43.3 Å². The fraction of sp³-hybridized carbons (Fsp3) is 0.476. The molecule has 6 nitrogen and oxygen atoms in total. The smallest absolute Gasteiger partial charge is 0.272 e. The minimum atomic E-state index is -0.0583. The SMILES string of the molecule is CCCCn1c(SCC(=O)NC[C@H]2CCCO2)nc2c(sc3ccccc32)c1=O. The number of ether oxygens (including phenoxy) is 1. The topological polar surface area (TPSA) is 73.2 Å². The van der Waals surface area contributed by atoms with Gasteiger partial charge in [0.15, 0.2) is 5.16 Å². The summed E-state index contributed by atoms with van der Waals surface area (Å²) in [5.41, 5.74) is 0.734. The largest absolute Gasteiger partial charge is 0.376 e. The summed E-state index contributed by atoms with van der Waals surface area (Å²) in [6.45, 7) is 4.04. The van der Waals surface area contributed by atoms with Gasteiger partial charge in [0.05, 0.1) is 17.4 Å². The number of thioether (sulfide) groups is 1. The van der Waals surface area contributed by atoms with Crippen LogP contribution in [0.1, 0.15) is 32.6 Å². The summed E-state index contributed by atoms with van der Waals surface area (Å²) < 4.78 is 9.03. The number of aromatic nitrogens is 2. The van der Waals surface area contributed by atoms with Crippen molar-refractivity contribution >= 4 is 49.3 Å². The van der Waals surface area contributed by atoms with Crippen LogP contribution in [0.25, 0.3) is 20.3 Å². The molecule has 1 atom stereocenters. The predicted octanol–water partition coefficient (Wildman–Crippen LogP) is 3.80. The van der Waals surface area contributed by atoms with Gasteiger partial charge in [0.1, 0.15) is 4.70 Å². The van der Waals surface area contributed by atoms with Gasteiger partial charge in [0.25, 0.3) is 5.56 Å². The fourth-order valence-corrected chi connectivity index (χ4v) is 5.43. The first-order valence-corrected chi connectivity index (χ1v) is 11.9. The molecule has 0 spiro atoms. The first-order chi connectivity index (χ1) is 14.2. The van der Waals surface area contributed by atoms with Gasteiger partial charge in [-0.15, -0.1) is 11.3 Å². The Bertz CT molecular complexity index is 1070. The molecule has 3 heterocycles. The Kier molecular flexibility index (Phi) is 6.52. The molecule has 2 aromatic heterocycles. The first-order valence-electron chi connectivity index (χ1n) is 10.1. The van der Waals surface area contributed by atoms with Crippen LogP contribution in [0.3, 0.4) is 0 Å². The van der Waals surface area contributed by atoms with Crippen LogP contribution in [0, 0.1) is 0 Å². The third-order valence-corrected chi connectivity index (χ3v) is 7.19. The molecule has 1 aromatic carbocycles. The van der Waals surface area contributed by atoms with Crippen molar-refractivity contribution in [2.24, 2.45) is 0 Å². The second-order valence-corrected chi connectivity index (χ2v) is 9.20. The fourth-order valence-electron chi connectivity index (χ4n) is 3.49. The number of hydrogen-bond donors (Lipinski definition) is 1. The van der Waals surface area contributed by atoms with E-state index < -0.39 is 0 Å². The maximum Gasteiger partial charge on any atom is 0.272 e. The number of carbonyl (C=O) groups excluding carboxylic acids is 1. The third kappa shape index (κ3) is 4.49. The van der Waals surface area contributed by atoms with Crippen LogP contribution >= 0.6 is 23.1 Å². The molecular formula is C21H25N3O3S2. The Morgan fingerprint density at radius 2 is 2.28 bits per heavy atom. The summed E-state index contributed by atoms with van der Waals surface area (Å²) in [6.07, 6.45) is 4.06. The molecule has 4 rings (SSSR count). The molecular weight excluding hydrogens is 406 g/mol. The summed E-state index contributed by atoms with van der Waals surface area (Å²) in [5.74, 6) is 0.177. The van der Waals surface area contributed by atoms with Gasteiger partial charge < -0.3 is 10.1 Å². The molecule has 1 aliphatic rings. The number of nitrogens with one attached hydrogen (secondary N) is 1. The van der Waals surface area contributed by atoms with E-state index in [4.69, 9.17) is 9.72 Å². The van der Waals surface area contributed by atoms with Crippen LogP contribution in [0.5, 0.6) is 0 Å². The quantitative estimate of drug-likeness (QED) is 0.434. The normalized spacial score (nSPS) is 16.7. The van der Waals surface area contributed by atoms with E-state index >= 15 is 0 Å². The van der Waals surface area contributed by atoms with Crippen molar-refractivity contribution in [2.45, 2.75) is 50.4 Å². The second-order valence-electron chi connectivity index (χ2n) is 7.21. The average Bonchev–Trinajstić information content (AvgIpc) is 3.38. The van der Waals surface area contributed by atoms with Gasteiger partial charge in [-0.25, -0.2) is 4.98 Å². The molecule has 29 heavy (non-hydrogen) atoms. The second kappa shape index (κ2) is 9.28. The van der Waals surface area contributed by atoms with E-state index in [1.54, 1.807) is 4.57 Å². The van der Waals surface area contributed by atoms with Crippen LogP contribution in [0.4, 0.5) is 0 Å². The molecule has 0 saturated carbocycles. The van der Waals surface area contributed by atoms with E-state index in [2.05, 4.69) is 12.2 Å². The summed E-state index contributed by atoms with van der Waals surface area (Å²) in [7, 11) is 0. The van der Waals surface area contributed by atoms with Crippen molar-refractivity contribution in [3.05, 3.63) is 34.6 Å². The zero-order valence-corrected chi connectivity index (χ0v) is 18.1. The summed E-state index contributed by atoms with van der Waals surface area (Å²) in [5, 5.41) is 4.55. The van der Waals surface area contributed by atoms with Crippen molar-refractivity contribution in [1.29, 1.82) is 0 Å². The summed E-state index contributed by atoms with van der Waals surface area (Å²) in [6, 6.07) is 7.95. The van der Waals surface area contributed by atoms with Crippen LogP contribution in [0.15, 0.2) is 34.2 Å². The maximum absolute atomic E-state index is 13.2. The van der Waals surface area contributed by atoms with Gasteiger partial charge in [-0.2, -0.15) is 0 Å². The van der Waals surface area contributed by atoms with Crippen LogP contribution in [-0.4, -0.2) is 40.5 Å². The molecule has 1 aliphatic heterocycles. The lowest BCUT2D eigenvalue weighted by atomic mass is 10.2. The number of amides is 1. The molecule has 1 saturated heterocycles. The molecule has 8 heteroatoms. The Balaban J connectivity index is 1.58. The van der Waals surface area contributed by atoms with Crippen molar-refractivity contribution in [3.8, 4) is 0 Å². The van der Waals surface area contributed by atoms with Crippen LogP contribution in [0.2, 0.25) is 0 Å². The predicted molar refractivity (Wildman–Crippen MR) is 119 cm³/mol. The Morgan fingerprint density at radius 1 is 1.41 bits per heavy atom. The number of fused-ring (bicyclic) bond motifs is 3. The van der Waals surface area contributed by atoms with E-state index in [0.717, 1.165) is 47.9 Å². The molecule has 0 unspecified atom stereocenters. The number of rotatable bonds is 8. The van der Waals surface area contributed by atoms with E-state index in [-0.39, 0.29) is 23.3 Å². The van der Waals surface area contributed by atoms with Gasteiger partial charge >= 0.3 is 0 Å². The van der Waals surface area contributed by atoms with Gasteiger partial charge in [-0.3, -0.25) is 14.2 Å². The Labute approximate surface area is 177 Å². The molecule has 1 fully saturated rings. The van der Waals surface area contributed by atoms with Gasteiger partial charge in [-0.05, 0) is 25.3 Å². The van der Waals surface area contributed by atoms with Crippen molar-refractivity contribution in [3.63, 3.8) is 0 Å². The lowest BCUT2D eigenvalue weighted by Crippen LogP contribution is -2.33. The highest BCUT2D eigenvalue weighted by molar-refractivity contribution is 7.99. The monoisotopic (exact) mass is 431 g/mol. The van der Waals surface area contributed by atoms with E-state index in [0.29, 0.717) is 22.9 Å². The van der Waals surface area contributed by atoms with E-state index in [9.17, 15) is 9.59 Å². The lowest BCUT2D eigenvalue weighted by Gasteiger charge is -2.13. The van der Waals surface area contributed by atoms with Gasteiger partial charge in [0.2, 0.25) is 5.91 Å². The van der Waals surface area contributed by atoms with Crippen molar-refractivity contribution in [2.75, 3.05) is 18.9 Å². The molecule has 0 radical (unpaired) electrons. The molecule has 1 N–H and O–H groups in total. The van der Waals surface area contributed by atoms with Crippen LogP contribution < -0.4 is 10.9 Å². The van der Waals surface area contributed by atoms with Crippen molar-refractivity contribution < 1.29 is 9.53 Å². The minimum Gasteiger partial charge on any atom is -0.376 e.